The zero-order valence-electron chi connectivity index (χ0n) is 12.2. The number of carbonyl (C=O) groups is 1. The van der Waals surface area contributed by atoms with Gasteiger partial charge in [0.1, 0.15) is 0 Å². The Balaban J connectivity index is 1.67. The number of rotatable bonds is 4. The van der Waals surface area contributed by atoms with Gasteiger partial charge in [0, 0.05) is 38.8 Å². The molecule has 110 valence electrons. The Kier molecular flexibility index (Phi) is 5.60. The normalized spacial score (nSPS) is 30.2. The molecule has 2 saturated heterocycles. The number of nitrogens with zero attached hydrogens (tertiary/aromatic N) is 1. The summed E-state index contributed by atoms with van der Waals surface area (Å²) >= 11 is 0. The van der Waals surface area contributed by atoms with E-state index in [9.17, 15) is 4.79 Å². The van der Waals surface area contributed by atoms with Crippen LogP contribution in [0.25, 0.3) is 0 Å². The minimum atomic E-state index is 0.115. The van der Waals surface area contributed by atoms with Crippen molar-refractivity contribution >= 4 is 5.91 Å². The number of hydrogen-bond acceptors (Lipinski definition) is 4. The molecule has 19 heavy (non-hydrogen) atoms. The van der Waals surface area contributed by atoms with E-state index in [4.69, 9.17) is 4.74 Å². The molecule has 0 aliphatic carbocycles. The summed E-state index contributed by atoms with van der Waals surface area (Å²) in [5.74, 6) is 0.115. The average Bonchev–Trinajstić information content (AvgIpc) is 2.41. The SMILES string of the molecule is CNC(=O)CN1CCC(NC2CCOC(C)C2)CC1. The van der Waals surface area contributed by atoms with Crippen LogP contribution in [0, 0.1) is 0 Å². The second kappa shape index (κ2) is 7.22. The summed E-state index contributed by atoms with van der Waals surface area (Å²) in [6, 6.07) is 1.22. The number of likely N-dealkylation sites (tertiary alicyclic amines) is 1. The second-order valence-electron chi connectivity index (χ2n) is 5.79. The third kappa shape index (κ3) is 4.75. The lowest BCUT2D eigenvalue weighted by Crippen LogP contribution is -2.49. The van der Waals surface area contributed by atoms with Gasteiger partial charge in [-0.25, -0.2) is 0 Å². The summed E-state index contributed by atoms with van der Waals surface area (Å²) < 4.78 is 5.58. The average molecular weight is 269 g/mol. The maximum atomic E-state index is 11.3. The van der Waals surface area contributed by atoms with Gasteiger partial charge in [-0.15, -0.1) is 0 Å². The summed E-state index contributed by atoms with van der Waals surface area (Å²) in [6.07, 6.45) is 4.92. The minimum Gasteiger partial charge on any atom is -0.378 e. The third-order valence-electron chi connectivity index (χ3n) is 4.19. The van der Waals surface area contributed by atoms with Crippen molar-refractivity contribution in [3.63, 3.8) is 0 Å². The Bertz CT molecular complexity index is 290. The molecule has 0 aromatic carbocycles. The van der Waals surface area contributed by atoms with E-state index in [-0.39, 0.29) is 5.91 Å². The Morgan fingerprint density at radius 2 is 2.00 bits per heavy atom. The third-order valence-corrected chi connectivity index (χ3v) is 4.19. The molecule has 2 aliphatic rings. The molecule has 0 radical (unpaired) electrons. The van der Waals surface area contributed by atoms with E-state index >= 15 is 0 Å². The molecule has 2 rings (SSSR count). The van der Waals surface area contributed by atoms with Crippen LogP contribution in [0.2, 0.25) is 0 Å². The number of likely N-dealkylation sites (N-methyl/N-ethyl adjacent to an activating group) is 1. The standard InChI is InChI=1S/C14H27N3O2/c1-11-9-13(5-8-19-11)16-12-3-6-17(7-4-12)10-14(18)15-2/h11-13,16H,3-10H2,1-2H3,(H,15,18). The topological polar surface area (TPSA) is 53.6 Å². The number of hydrogen-bond donors (Lipinski definition) is 2. The summed E-state index contributed by atoms with van der Waals surface area (Å²) in [5, 5.41) is 6.45. The molecule has 0 aromatic rings. The monoisotopic (exact) mass is 269 g/mol. The van der Waals surface area contributed by atoms with Gasteiger partial charge in [0.2, 0.25) is 5.91 Å². The van der Waals surface area contributed by atoms with Gasteiger partial charge in [0.05, 0.1) is 12.6 Å². The van der Waals surface area contributed by atoms with Gasteiger partial charge in [-0.1, -0.05) is 0 Å². The van der Waals surface area contributed by atoms with E-state index in [1.54, 1.807) is 7.05 Å². The lowest BCUT2D eigenvalue weighted by Gasteiger charge is -2.36. The molecule has 1 amide bonds. The fraction of sp³-hybridized carbons (Fsp3) is 0.929. The first-order valence-electron chi connectivity index (χ1n) is 7.48. The van der Waals surface area contributed by atoms with Crippen molar-refractivity contribution in [3.8, 4) is 0 Å². The highest BCUT2D eigenvalue weighted by Crippen LogP contribution is 2.17. The van der Waals surface area contributed by atoms with Gasteiger partial charge in [0.15, 0.2) is 0 Å². The van der Waals surface area contributed by atoms with Gasteiger partial charge in [-0.05, 0) is 32.6 Å². The fourth-order valence-electron chi connectivity index (χ4n) is 3.02. The van der Waals surface area contributed by atoms with E-state index < -0.39 is 0 Å². The molecule has 0 bridgehead atoms. The van der Waals surface area contributed by atoms with Crippen molar-refractivity contribution in [1.29, 1.82) is 0 Å². The van der Waals surface area contributed by atoms with Crippen LogP contribution >= 0.6 is 0 Å². The Labute approximate surface area is 116 Å². The molecule has 2 aliphatic heterocycles. The number of carbonyl (C=O) groups excluding carboxylic acids is 1. The zero-order chi connectivity index (χ0) is 13.7. The van der Waals surface area contributed by atoms with Crippen LogP contribution in [-0.4, -0.2) is 62.3 Å². The summed E-state index contributed by atoms with van der Waals surface area (Å²) in [7, 11) is 1.70. The number of piperidine rings is 1. The molecule has 2 N–H and O–H groups in total. The van der Waals surface area contributed by atoms with E-state index in [0.717, 1.165) is 45.4 Å². The van der Waals surface area contributed by atoms with Crippen molar-refractivity contribution in [1.82, 2.24) is 15.5 Å². The van der Waals surface area contributed by atoms with Crippen LogP contribution in [-0.2, 0) is 9.53 Å². The maximum Gasteiger partial charge on any atom is 0.233 e. The molecule has 2 unspecified atom stereocenters. The Morgan fingerprint density at radius 3 is 2.63 bits per heavy atom. The Hall–Kier alpha value is -0.650. The first-order chi connectivity index (χ1) is 9.17. The van der Waals surface area contributed by atoms with Crippen molar-refractivity contribution in [2.24, 2.45) is 0 Å². The minimum absolute atomic E-state index is 0.115. The lowest BCUT2D eigenvalue weighted by atomic mass is 9.99. The first-order valence-corrected chi connectivity index (χ1v) is 7.48. The van der Waals surface area contributed by atoms with E-state index in [1.807, 2.05) is 0 Å². The number of nitrogens with one attached hydrogen (secondary N) is 2. The molecule has 2 atom stereocenters. The summed E-state index contributed by atoms with van der Waals surface area (Å²) in [5.41, 5.74) is 0. The van der Waals surface area contributed by atoms with Gasteiger partial charge in [0.25, 0.3) is 0 Å². The zero-order valence-corrected chi connectivity index (χ0v) is 12.2. The maximum absolute atomic E-state index is 11.3. The van der Waals surface area contributed by atoms with Crippen molar-refractivity contribution < 1.29 is 9.53 Å². The van der Waals surface area contributed by atoms with E-state index in [0.29, 0.717) is 24.7 Å². The van der Waals surface area contributed by atoms with Gasteiger partial charge < -0.3 is 15.4 Å². The highest BCUT2D eigenvalue weighted by Gasteiger charge is 2.25. The quantitative estimate of drug-likeness (QED) is 0.773. The van der Waals surface area contributed by atoms with Crippen molar-refractivity contribution in [2.45, 2.75) is 50.8 Å². The molecule has 5 nitrogen and oxygen atoms in total. The van der Waals surface area contributed by atoms with Gasteiger partial charge in [-0.2, -0.15) is 0 Å². The Morgan fingerprint density at radius 1 is 1.26 bits per heavy atom. The summed E-state index contributed by atoms with van der Waals surface area (Å²) in [6.45, 7) is 5.61. The lowest BCUT2D eigenvalue weighted by molar-refractivity contribution is -0.122. The van der Waals surface area contributed by atoms with Crippen LogP contribution in [0.3, 0.4) is 0 Å². The molecule has 5 heteroatoms. The van der Waals surface area contributed by atoms with Crippen LogP contribution in [0.1, 0.15) is 32.6 Å². The predicted octanol–water partition coefficient (Wildman–Crippen LogP) is 0.354. The highest BCUT2D eigenvalue weighted by atomic mass is 16.5. The molecular weight excluding hydrogens is 242 g/mol. The molecule has 2 heterocycles. The van der Waals surface area contributed by atoms with Gasteiger partial charge in [-0.3, -0.25) is 9.69 Å². The number of amides is 1. The molecule has 0 spiro atoms. The molecule has 0 saturated carbocycles. The van der Waals surface area contributed by atoms with Crippen molar-refractivity contribution in [3.05, 3.63) is 0 Å². The second-order valence-corrected chi connectivity index (χ2v) is 5.79. The van der Waals surface area contributed by atoms with Crippen LogP contribution in [0.5, 0.6) is 0 Å². The van der Waals surface area contributed by atoms with Crippen LogP contribution < -0.4 is 10.6 Å². The first kappa shape index (κ1) is 14.8. The van der Waals surface area contributed by atoms with Crippen LogP contribution in [0.15, 0.2) is 0 Å². The van der Waals surface area contributed by atoms with E-state index in [1.165, 1.54) is 0 Å². The van der Waals surface area contributed by atoms with Crippen molar-refractivity contribution in [2.75, 3.05) is 33.3 Å². The van der Waals surface area contributed by atoms with E-state index in [2.05, 4.69) is 22.5 Å². The highest BCUT2D eigenvalue weighted by molar-refractivity contribution is 5.77. The number of ether oxygens (including phenoxy) is 1. The largest absolute Gasteiger partial charge is 0.378 e. The van der Waals surface area contributed by atoms with Gasteiger partial charge >= 0.3 is 0 Å². The summed E-state index contributed by atoms with van der Waals surface area (Å²) in [4.78, 5) is 13.6. The van der Waals surface area contributed by atoms with Crippen LogP contribution in [0.4, 0.5) is 0 Å². The molecule has 2 fully saturated rings. The smallest absolute Gasteiger partial charge is 0.233 e. The predicted molar refractivity (Wildman–Crippen MR) is 75.1 cm³/mol. The fourth-order valence-corrected chi connectivity index (χ4v) is 3.02. The molecule has 0 aromatic heterocycles. The molecular formula is C14H27N3O2.